The van der Waals surface area contributed by atoms with Gasteiger partial charge in [-0.3, -0.25) is 15.6 Å². The lowest BCUT2D eigenvalue weighted by atomic mass is 10.0. The summed E-state index contributed by atoms with van der Waals surface area (Å²) in [4.78, 5) is 16.6. The summed E-state index contributed by atoms with van der Waals surface area (Å²) >= 11 is 6.06. The lowest BCUT2D eigenvalue weighted by Gasteiger charge is -2.36. The highest BCUT2D eigenvalue weighted by Crippen LogP contribution is 2.20. The van der Waals surface area contributed by atoms with Gasteiger partial charge < -0.3 is 15.1 Å². The van der Waals surface area contributed by atoms with Crippen LogP contribution in [0.4, 0.5) is 5.69 Å². The largest absolute Gasteiger partial charge is 0.368 e. The van der Waals surface area contributed by atoms with Crippen LogP contribution in [0.25, 0.3) is 0 Å². The van der Waals surface area contributed by atoms with Crippen molar-refractivity contribution in [2.24, 2.45) is 5.92 Å². The van der Waals surface area contributed by atoms with E-state index in [9.17, 15) is 4.79 Å². The molecule has 2 unspecified atom stereocenters. The van der Waals surface area contributed by atoms with Crippen molar-refractivity contribution in [1.82, 2.24) is 21.1 Å². The highest BCUT2D eigenvalue weighted by molar-refractivity contribution is 6.30. The highest BCUT2D eigenvalue weighted by atomic mass is 35.5. The SMILES string of the molecule is CC1NNCC1CNCC(=O)N1CCN(c2cccc(Cl)c2)CC1. The van der Waals surface area contributed by atoms with Gasteiger partial charge in [-0.1, -0.05) is 17.7 Å². The molecule has 2 aliphatic heterocycles. The van der Waals surface area contributed by atoms with Crippen LogP contribution in [-0.4, -0.2) is 62.7 Å². The summed E-state index contributed by atoms with van der Waals surface area (Å²) in [6.45, 7) is 7.59. The molecule has 2 atom stereocenters. The van der Waals surface area contributed by atoms with Crippen LogP contribution < -0.4 is 21.1 Å². The smallest absolute Gasteiger partial charge is 0.236 e. The number of rotatable bonds is 5. The Balaban J connectivity index is 1.40. The normalized spacial score (nSPS) is 24.4. The minimum absolute atomic E-state index is 0.187. The second kappa shape index (κ2) is 8.16. The van der Waals surface area contributed by atoms with Crippen LogP contribution in [0.1, 0.15) is 6.92 Å². The first kappa shape index (κ1) is 17.5. The molecule has 132 valence electrons. The van der Waals surface area contributed by atoms with Gasteiger partial charge in [-0.05, 0) is 25.1 Å². The van der Waals surface area contributed by atoms with Gasteiger partial charge in [-0.25, -0.2) is 0 Å². The minimum Gasteiger partial charge on any atom is -0.368 e. The van der Waals surface area contributed by atoms with Crippen molar-refractivity contribution in [2.45, 2.75) is 13.0 Å². The maximum Gasteiger partial charge on any atom is 0.236 e. The zero-order chi connectivity index (χ0) is 16.9. The van der Waals surface area contributed by atoms with Crippen LogP contribution in [0.2, 0.25) is 5.02 Å². The molecule has 3 N–H and O–H groups in total. The first-order valence-electron chi connectivity index (χ1n) is 8.61. The first-order valence-corrected chi connectivity index (χ1v) is 8.98. The standard InChI is InChI=1S/C17H26ClN5O/c1-13-14(11-20-21-13)10-19-12-17(24)23-7-5-22(6-8-23)16-4-2-3-15(18)9-16/h2-4,9,13-14,19-21H,5-8,10-12H2,1H3. The average molecular weight is 352 g/mol. The summed E-state index contributed by atoms with van der Waals surface area (Å²) in [5.74, 6) is 0.713. The molecular weight excluding hydrogens is 326 g/mol. The van der Waals surface area contributed by atoms with Crippen LogP contribution in [-0.2, 0) is 4.79 Å². The van der Waals surface area contributed by atoms with Crippen LogP contribution >= 0.6 is 11.6 Å². The van der Waals surface area contributed by atoms with E-state index in [2.05, 4.69) is 34.1 Å². The molecule has 0 radical (unpaired) electrons. The Bertz CT molecular complexity index is 562. The predicted octanol–water partition coefficient (Wildman–Crippen LogP) is 0.691. The van der Waals surface area contributed by atoms with Crippen molar-refractivity contribution >= 4 is 23.2 Å². The quantitative estimate of drug-likeness (QED) is 0.728. The summed E-state index contributed by atoms with van der Waals surface area (Å²) < 4.78 is 0. The third kappa shape index (κ3) is 4.39. The van der Waals surface area contributed by atoms with E-state index in [0.29, 0.717) is 18.5 Å². The molecule has 2 heterocycles. The van der Waals surface area contributed by atoms with Crippen LogP contribution in [0.3, 0.4) is 0 Å². The zero-order valence-electron chi connectivity index (χ0n) is 14.1. The molecule has 0 aromatic heterocycles. The van der Waals surface area contributed by atoms with Crippen LogP contribution in [0, 0.1) is 5.92 Å². The molecule has 1 amide bonds. The van der Waals surface area contributed by atoms with Gasteiger partial charge in [0.2, 0.25) is 5.91 Å². The second-order valence-electron chi connectivity index (χ2n) is 6.55. The van der Waals surface area contributed by atoms with Gasteiger partial charge in [0.15, 0.2) is 0 Å². The summed E-state index contributed by atoms with van der Waals surface area (Å²) in [5.41, 5.74) is 7.47. The summed E-state index contributed by atoms with van der Waals surface area (Å²) in [7, 11) is 0. The zero-order valence-corrected chi connectivity index (χ0v) is 14.9. The predicted molar refractivity (Wildman–Crippen MR) is 97.2 cm³/mol. The molecule has 0 saturated carbocycles. The van der Waals surface area contributed by atoms with Gasteiger partial charge in [0.05, 0.1) is 6.54 Å². The fourth-order valence-corrected chi connectivity index (χ4v) is 3.44. The number of nitrogens with zero attached hydrogens (tertiary/aromatic N) is 2. The number of piperazine rings is 1. The number of hydrogen-bond donors (Lipinski definition) is 3. The molecule has 0 spiro atoms. The van der Waals surface area contributed by atoms with Gasteiger partial charge >= 0.3 is 0 Å². The van der Waals surface area contributed by atoms with Crippen LogP contribution in [0.5, 0.6) is 0 Å². The molecule has 2 saturated heterocycles. The number of halogens is 1. The van der Waals surface area contributed by atoms with Crippen molar-refractivity contribution in [1.29, 1.82) is 0 Å². The Morgan fingerprint density at radius 1 is 1.33 bits per heavy atom. The average Bonchev–Trinajstić information content (AvgIpc) is 3.00. The van der Waals surface area contributed by atoms with Crippen molar-refractivity contribution in [3.8, 4) is 0 Å². The van der Waals surface area contributed by atoms with Gasteiger partial charge in [0, 0.05) is 61.9 Å². The molecule has 3 rings (SSSR count). The van der Waals surface area contributed by atoms with E-state index in [-0.39, 0.29) is 5.91 Å². The molecule has 2 aliphatic rings. The van der Waals surface area contributed by atoms with Crippen molar-refractivity contribution in [2.75, 3.05) is 50.7 Å². The van der Waals surface area contributed by atoms with Crippen molar-refractivity contribution < 1.29 is 4.79 Å². The van der Waals surface area contributed by atoms with Gasteiger partial charge in [-0.15, -0.1) is 0 Å². The number of hydrogen-bond acceptors (Lipinski definition) is 5. The summed E-state index contributed by atoms with van der Waals surface area (Å²) in [6, 6.07) is 8.33. The highest BCUT2D eigenvalue weighted by Gasteiger charge is 2.24. The van der Waals surface area contributed by atoms with E-state index in [0.717, 1.165) is 50.0 Å². The van der Waals surface area contributed by atoms with Crippen molar-refractivity contribution in [3.63, 3.8) is 0 Å². The van der Waals surface area contributed by atoms with Gasteiger partial charge in [-0.2, -0.15) is 0 Å². The van der Waals surface area contributed by atoms with E-state index in [1.807, 2.05) is 23.1 Å². The van der Waals surface area contributed by atoms with Crippen LogP contribution in [0.15, 0.2) is 24.3 Å². The molecular formula is C17H26ClN5O. The monoisotopic (exact) mass is 351 g/mol. The third-order valence-electron chi connectivity index (χ3n) is 4.89. The Kier molecular flexibility index (Phi) is 5.94. The Hall–Kier alpha value is -1.34. The number of hydrazine groups is 1. The lowest BCUT2D eigenvalue weighted by molar-refractivity contribution is -0.130. The molecule has 6 nitrogen and oxygen atoms in total. The van der Waals surface area contributed by atoms with E-state index in [1.165, 1.54) is 0 Å². The Morgan fingerprint density at radius 2 is 2.12 bits per heavy atom. The fraction of sp³-hybridized carbons (Fsp3) is 0.588. The number of nitrogens with one attached hydrogen (secondary N) is 3. The topological polar surface area (TPSA) is 59.6 Å². The van der Waals surface area contributed by atoms with Crippen molar-refractivity contribution in [3.05, 3.63) is 29.3 Å². The lowest BCUT2D eigenvalue weighted by Crippen LogP contribution is -2.51. The maximum absolute atomic E-state index is 12.3. The molecule has 1 aromatic rings. The number of carbonyl (C=O) groups excluding carboxylic acids is 1. The molecule has 1 aromatic carbocycles. The number of anilines is 1. The van der Waals surface area contributed by atoms with E-state index in [1.54, 1.807) is 0 Å². The second-order valence-corrected chi connectivity index (χ2v) is 6.99. The molecule has 0 aliphatic carbocycles. The molecule has 2 fully saturated rings. The fourth-order valence-electron chi connectivity index (χ4n) is 3.26. The molecule has 0 bridgehead atoms. The van der Waals surface area contributed by atoms with E-state index >= 15 is 0 Å². The minimum atomic E-state index is 0.187. The summed E-state index contributed by atoms with van der Waals surface area (Å²) in [5, 5.41) is 4.05. The number of amides is 1. The Labute approximate surface area is 148 Å². The van der Waals surface area contributed by atoms with E-state index < -0.39 is 0 Å². The van der Waals surface area contributed by atoms with E-state index in [4.69, 9.17) is 11.6 Å². The Morgan fingerprint density at radius 3 is 2.79 bits per heavy atom. The summed E-state index contributed by atoms with van der Waals surface area (Å²) in [6.07, 6.45) is 0. The maximum atomic E-state index is 12.3. The molecule has 7 heteroatoms. The first-order chi connectivity index (χ1) is 11.6. The van der Waals surface area contributed by atoms with Gasteiger partial charge in [0.1, 0.15) is 0 Å². The number of benzene rings is 1. The third-order valence-corrected chi connectivity index (χ3v) is 5.12. The number of carbonyl (C=O) groups is 1. The molecule has 24 heavy (non-hydrogen) atoms. The van der Waals surface area contributed by atoms with Gasteiger partial charge in [0.25, 0.3) is 0 Å².